The zero-order chi connectivity index (χ0) is 4.50. The third-order valence-electron chi connectivity index (χ3n) is 0. The van der Waals surface area contributed by atoms with Crippen molar-refractivity contribution in [1.29, 1.82) is 0 Å². The van der Waals surface area contributed by atoms with Gasteiger partial charge in [-0.25, -0.2) is 0 Å². The van der Waals surface area contributed by atoms with E-state index in [0.29, 0.717) is 0 Å². The Bertz CT molecular complexity index is 25.9. The van der Waals surface area contributed by atoms with Crippen LogP contribution in [0.2, 0.25) is 0 Å². The van der Waals surface area contributed by atoms with Crippen molar-refractivity contribution >= 4 is 9.05 Å². The Morgan fingerprint density at radius 2 is 0.750 bits per heavy atom. The molecule has 0 aliphatic carbocycles. The second kappa shape index (κ2) is 10.3. The first-order valence-corrected chi connectivity index (χ1v) is 2.68. The number of hydrogen-bond donors (Lipinski definition) is 4. The first-order valence-electron chi connectivity index (χ1n) is 0.894. The van der Waals surface area contributed by atoms with Crippen molar-refractivity contribution in [1.82, 2.24) is 0 Å². The van der Waals surface area contributed by atoms with Crippen LogP contribution in [-0.4, -0.2) is 28.2 Å². The molecule has 0 radical (unpaired) electrons. The SMILES string of the molecule is O[Si](O)(O)O.[K+].[K+].[O-2]. The molecule has 0 aromatic rings. The maximum Gasteiger partial charge on any atom is 1.00 e. The van der Waals surface area contributed by atoms with Gasteiger partial charge < -0.3 is 24.7 Å². The van der Waals surface area contributed by atoms with Crippen molar-refractivity contribution in [3.63, 3.8) is 0 Å². The van der Waals surface area contributed by atoms with Gasteiger partial charge in [0.15, 0.2) is 0 Å². The molecular weight excluding hydrogens is 186 g/mol. The summed E-state index contributed by atoms with van der Waals surface area (Å²) < 4.78 is 0. The molecule has 0 aromatic heterocycles. The minimum absolute atomic E-state index is 0. The summed E-state index contributed by atoms with van der Waals surface area (Å²) >= 11 is 0. The van der Waals surface area contributed by atoms with Gasteiger partial charge in [-0.3, -0.25) is 0 Å². The molecule has 0 rings (SSSR count). The fourth-order valence-corrected chi connectivity index (χ4v) is 0. The van der Waals surface area contributed by atoms with E-state index in [0.717, 1.165) is 0 Å². The van der Waals surface area contributed by atoms with Gasteiger partial charge in [0.25, 0.3) is 0 Å². The number of rotatable bonds is 0. The summed E-state index contributed by atoms with van der Waals surface area (Å²) in [5.74, 6) is 0. The predicted octanol–water partition coefficient (Wildman–Crippen LogP) is -8.72. The Kier molecular flexibility index (Phi) is 28.9. The summed E-state index contributed by atoms with van der Waals surface area (Å²) in [6, 6.07) is 0. The molecule has 0 aliphatic heterocycles. The van der Waals surface area contributed by atoms with Crippen LogP contribution in [0.5, 0.6) is 0 Å². The van der Waals surface area contributed by atoms with Gasteiger partial charge in [0.1, 0.15) is 0 Å². The smallest absolute Gasteiger partial charge is 1.00 e. The van der Waals surface area contributed by atoms with Crippen molar-refractivity contribution in [3.05, 3.63) is 0 Å². The molecule has 0 heterocycles. The molecule has 0 spiro atoms. The van der Waals surface area contributed by atoms with Crippen LogP contribution in [0, 0.1) is 0 Å². The fraction of sp³-hybridized carbons (Fsp3) is 0. The first kappa shape index (κ1) is 22.5. The van der Waals surface area contributed by atoms with Crippen LogP contribution in [0.25, 0.3) is 0 Å². The van der Waals surface area contributed by atoms with E-state index in [-0.39, 0.29) is 108 Å². The molecule has 8 heteroatoms. The molecule has 0 amide bonds. The summed E-state index contributed by atoms with van der Waals surface area (Å²) in [6.45, 7) is 0. The van der Waals surface area contributed by atoms with E-state index < -0.39 is 9.05 Å². The molecule has 0 aliphatic rings. The van der Waals surface area contributed by atoms with Gasteiger partial charge in [-0.05, 0) is 0 Å². The monoisotopic (exact) mass is 190 g/mol. The maximum atomic E-state index is 7.33. The molecule has 0 saturated heterocycles. The Balaban J connectivity index is -0.0000000267. The largest absolute Gasteiger partial charge is 2.00 e. The van der Waals surface area contributed by atoms with Crippen molar-refractivity contribution in [3.8, 4) is 0 Å². The Morgan fingerprint density at radius 3 is 0.750 bits per heavy atom. The van der Waals surface area contributed by atoms with Gasteiger partial charge in [0, 0.05) is 0 Å². The van der Waals surface area contributed by atoms with Gasteiger partial charge in [-0.15, -0.1) is 0 Å². The van der Waals surface area contributed by atoms with Gasteiger partial charge in [0.05, 0.1) is 0 Å². The maximum absolute atomic E-state index is 7.33. The predicted molar refractivity (Wildman–Crippen MR) is 15.3 cm³/mol. The van der Waals surface area contributed by atoms with Crippen molar-refractivity contribution < 1.29 is 127 Å². The van der Waals surface area contributed by atoms with Gasteiger partial charge in [-0.2, -0.15) is 0 Å². The zero-order valence-electron chi connectivity index (χ0n) is 4.70. The Hall–Kier alpha value is 3.29. The molecule has 0 saturated carbocycles. The second-order valence-corrected chi connectivity index (χ2v) is 1.80. The molecule has 4 N–H and O–H groups in total. The summed E-state index contributed by atoms with van der Waals surface area (Å²) in [5, 5.41) is 0. The standard InChI is InChI=1S/2K.H4O4Si.O/c;;1-5(2,3)4;/h;;1-4H;/q2*+1;;-2. The summed E-state index contributed by atoms with van der Waals surface area (Å²) in [6.07, 6.45) is 0. The van der Waals surface area contributed by atoms with Crippen molar-refractivity contribution in [2.75, 3.05) is 0 Å². The molecule has 8 heavy (non-hydrogen) atoms. The topological polar surface area (TPSA) is 109 Å². The Morgan fingerprint density at radius 1 is 0.750 bits per heavy atom. The van der Waals surface area contributed by atoms with E-state index in [9.17, 15) is 0 Å². The average Bonchev–Trinajstić information content (AvgIpc) is 0.722. The molecule has 40 valence electrons. The summed E-state index contributed by atoms with van der Waals surface area (Å²) in [7, 11) is -4.61. The number of hydrogen-bond acceptors (Lipinski definition) is 4. The van der Waals surface area contributed by atoms with Crippen molar-refractivity contribution in [2.24, 2.45) is 0 Å². The summed E-state index contributed by atoms with van der Waals surface area (Å²) in [4.78, 5) is 29.3. The van der Waals surface area contributed by atoms with E-state index in [1.807, 2.05) is 0 Å². The molecule has 0 fully saturated rings. The Labute approximate surface area is 133 Å². The van der Waals surface area contributed by atoms with Crippen LogP contribution in [0.3, 0.4) is 0 Å². The second-order valence-electron chi connectivity index (χ2n) is 0.600. The normalized spacial score (nSPS) is 7.50. The third kappa shape index (κ3) is 59.0. The van der Waals surface area contributed by atoms with E-state index >= 15 is 0 Å². The van der Waals surface area contributed by atoms with E-state index in [1.165, 1.54) is 0 Å². The van der Waals surface area contributed by atoms with Gasteiger partial charge in [-0.1, -0.05) is 0 Å². The van der Waals surface area contributed by atoms with E-state index in [4.69, 9.17) is 19.2 Å². The average molecular weight is 190 g/mol. The van der Waals surface area contributed by atoms with Gasteiger partial charge >= 0.3 is 112 Å². The third-order valence-corrected chi connectivity index (χ3v) is 0. The first-order chi connectivity index (χ1) is 2.00. The molecule has 0 atom stereocenters. The molecular formula is H4K2O5Si. The van der Waals surface area contributed by atoms with E-state index in [2.05, 4.69) is 0 Å². The van der Waals surface area contributed by atoms with Crippen LogP contribution in [0.1, 0.15) is 0 Å². The fourth-order valence-electron chi connectivity index (χ4n) is 0. The van der Waals surface area contributed by atoms with Crippen LogP contribution in [0.4, 0.5) is 0 Å². The van der Waals surface area contributed by atoms with Crippen LogP contribution in [0.15, 0.2) is 0 Å². The molecule has 5 nitrogen and oxygen atoms in total. The summed E-state index contributed by atoms with van der Waals surface area (Å²) in [5.41, 5.74) is 0. The quantitative estimate of drug-likeness (QED) is 0.284. The zero-order valence-corrected chi connectivity index (χ0v) is 11.9. The van der Waals surface area contributed by atoms with Crippen LogP contribution in [-0.2, 0) is 5.48 Å². The minimum Gasteiger partial charge on any atom is -2.00 e. The van der Waals surface area contributed by atoms with Crippen LogP contribution < -0.4 is 103 Å². The van der Waals surface area contributed by atoms with E-state index in [1.54, 1.807) is 0 Å². The molecule has 0 aromatic carbocycles. The van der Waals surface area contributed by atoms with Gasteiger partial charge in [0.2, 0.25) is 0 Å². The van der Waals surface area contributed by atoms with Crippen molar-refractivity contribution in [2.45, 2.75) is 0 Å². The van der Waals surface area contributed by atoms with Crippen LogP contribution >= 0.6 is 0 Å². The minimum atomic E-state index is -4.61. The molecule has 0 bridgehead atoms. The molecule has 0 unspecified atom stereocenters.